The van der Waals surface area contributed by atoms with E-state index in [-0.39, 0.29) is 5.91 Å². The largest absolute Gasteiger partial charge is 0.477 e. The minimum atomic E-state index is -0.123. The Morgan fingerprint density at radius 2 is 2.29 bits per heavy atom. The number of carbonyl (C=O) groups excluding carboxylic acids is 1. The van der Waals surface area contributed by atoms with E-state index in [1.807, 2.05) is 6.92 Å². The zero-order chi connectivity index (χ0) is 12.7. The molecule has 0 bridgehead atoms. The Morgan fingerprint density at radius 3 is 2.94 bits per heavy atom. The first kappa shape index (κ1) is 13.5. The Balaban J connectivity index is 2.61. The van der Waals surface area contributed by atoms with Gasteiger partial charge in [0.25, 0.3) is 5.91 Å². The molecule has 4 heteroatoms. The SMILES string of the molecule is CCOc1ncccc1C(=O)NCCC(C)C. The van der Waals surface area contributed by atoms with Crippen molar-refractivity contribution in [3.63, 3.8) is 0 Å². The van der Waals surface area contributed by atoms with Crippen molar-refractivity contribution in [1.82, 2.24) is 10.3 Å². The van der Waals surface area contributed by atoms with Gasteiger partial charge >= 0.3 is 0 Å². The van der Waals surface area contributed by atoms with Gasteiger partial charge in [0.1, 0.15) is 5.56 Å². The first-order valence-corrected chi connectivity index (χ1v) is 6.01. The van der Waals surface area contributed by atoms with Gasteiger partial charge in [0.15, 0.2) is 0 Å². The summed E-state index contributed by atoms with van der Waals surface area (Å²) < 4.78 is 5.31. The van der Waals surface area contributed by atoms with Crippen molar-refractivity contribution in [2.45, 2.75) is 27.2 Å². The highest BCUT2D eigenvalue weighted by Gasteiger charge is 2.12. The summed E-state index contributed by atoms with van der Waals surface area (Å²) in [6, 6.07) is 3.46. The molecule has 0 fully saturated rings. The summed E-state index contributed by atoms with van der Waals surface area (Å²) in [6.07, 6.45) is 2.59. The molecule has 1 rings (SSSR count). The highest BCUT2D eigenvalue weighted by Crippen LogP contribution is 2.13. The standard InChI is InChI=1S/C13H20N2O2/c1-4-17-13-11(6-5-8-15-13)12(16)14-9-7-10(2)3/h5-6,8,10H,4,7,9H2,1-3H3,(H,14,16). The lowest BCUT2D eigenvalue weighted by atomic mass is 10.1. The Kier molecular flexibility index (Phi) is 5.46. The highest BCUT2D eigenvalue weighted by atomic mass is 16.5. The van der Waals surface area contributed by atoms with Crippen molar-refractivity contribution in [2.75, 3.05) is 13.2 Å². The topological polar surface area (TPSA) is 51.2 Å². The second-order valence-corrected chi connectivity index (χ2v) is 4.23. The van der Waals surface area contributed by atoms with Crippen molar-refractivity contribution in [3.05, 3.63) is 23.9 Å². The number of nitrogens with zero attached hydrogens (tertiary/aromatic N) is 1. The van der Waals surface area contributed by atoms with E-state index in [1.54, 1.807) is 18.3 Å². The third-order valence-corrected chi connectivity index (χ3v) is 2.30. The molecule has 0 aliphatic carbocycles. The van der Waals surface area contributed by atoms with Crippen molar-refractivity contribution >= 4 is 5.91 Å². The van der Waals surface area contributed by atoms with Gasteiger partial charge in [0, 0.05) is 12.7 Å². The van der Waals surface area contributed by atoms with Gasteiger partial charge in [-0.15, -0.1) is 0 Å². The molecule has 0 saturated carbocycles. The zero-order valence-electron chi connectivity index (χ0n) is 10.7. The second-order valence-electron chi connectivity index (χ2n) is 4.23. The normalized spacial score (nSPS) is 10.4. The third kappa shape index (κ3) is 4.43. The van der Waals surface area contributed by atoms with E-state index >= 15 is 0 Å². The van der Waals surface area contributed by atoms with E-state index in [4.69, 9.17) is 4.74 Å². The van der Waals surface area contributed by atoms with Crippen LogP contribution in [0.1, 0.15) is 37.6 Å². The summed E-state index contributed by atoms with van der Waals surface area (Å²) in [5, 5.41) is 2.87. The minimum Gasteiger partial charge on any atom is -0.477 e. The molecule has 0 aliphatic rings. The van der Waals surface area contributed by atoms with Crippen LogP contribution in [0.4, 0.5) is 0 Å². The van der Waals surface area contributed by atoms with Crippen LogP contribution in [0.2, 0.25) is 0 Å². The monoisotopic (exact) mass is 236 g/mol. The van der Waals surface area contributed by atoms with Crippen molar-refractivity contribution < 1.29 is 9.53 Å². The maximum Gasteiger partial charge on any atom is 0.256 e. The van der Waals surface area contributed by atoms with Gasteiger partial charge in [-0.2, -0.15) is 0 Å². The lowest BCUT2D eigenvalue weighted by molar-refractivity contribution is 0.0947. The first-order chi connectivity index (χ1) is 8.15. The van der Waals surface area contributed by atoms with Crippen LogP contribution in [0.5, 0.6) is 5.88 Å². The molecule has 1 aromatic rings. The maximum atomic E-state index is 11.9. The number of carbonyl (C=O) groups is 1. The van der Waals surface area contributed by atoms with Crippen LogP contribution in [0.15, 0.2) is 18.3 Å². The van der Waals surface area contributed by atoms with Crippen LogP contribution in [-0.2, 0) is 0 Å². The van der Waals surface area contributed by atoms with Gasteiger partial charge in [-0.3, -0.25) is 4.79 Å². The first-order valence-electron chi connectivity index (χ1n) is 6.01. The average molecular weight is 236 g/mol. The molecule has 1 aromatic heterocycles. The van der Waals surface area contributed by atoms with Gasteiger partial charge in [-0.1, -0.05) is 13.8 Å². The predicted octanol–water partition coefficient (Wildman–Crippen LogP) is 2.26. The third-order valence-electron chi connectivity index (χ3n) is 2.30. The van der Waals surface area contributed by atoms with Gasteiger partial charge in [0.2, 0.25) is 5.88 Å². The number of pyridine rings is 1. The molecule has 1 N–H and O–H groups in total. The molecular formula is C13H20N2O2. The lowest BCUT2D eigenvalue weighted by Crippen LogP contribution is -2.26. The van der Waals surface area contributed by atoms with E-state index in [0.29, 0.717) is 30.5 Å². The number of nitrogens with one attached hydrogen (secondary N) is 1. The fraction of sp³-hybridized carbons (Fsp3) is 0.538. The van der Waals surface area contributed by atoms with Crippen molar-refractivity contribution in [2.24, 2.45) is 5.92 Å². The zero-order valence-corrected chi connectivity index (χ0v) is 10.7. The molecule has 0 aliphatic heterocycles. The summed E-state index contributed by atoms with van der Waals surface area (Å²) in [7, 11) is 0. The minimum absolute atomic E-state index is 0.123. The number of hydrogen-bond donors (Lipinski definition) is 1. The molecule has 4 nitrogen and oxygen atoms in total. The predicted molar refractivity (Wildman–Crippen MR) is 67.2 cm³/mol. The summed E-state index contributed by atoms with van der Waals surface area (Å²) in [6.45, 7) is 7.30. The van der Waals surface area contributed by atoms with Gasteiger partial charge in [-0.25, -0.2) is 4.98 Å². The Morgan fingerprint density at radius 1 is 1.53 bits per heavy atom. The fourth-order valence-electron chi connectivity index (χ4n) is 1.38. The van der Waals surface area contributed by atoms with E-state index in [9.17, 15) is 4.79 Å². The van der Waals surface area contributed by atoms with E-state index in [1.165, 1.54) is 0 Å². The average Bonchev–Trinajstić information content (AvgIpc) is 2.29. The molecule has 0 aromatic carbocycles. The van der Waals surface area contributed by atoms with Crippen molar-refractivity contribution in [1.29, 1.82) is 0 Å². The van der Waals surface area contributed by atoms with Crippen LogP contribution in [0.25, 0.3) is 0 Å². The van der Waals surface area contributed by atoms with Gasteiger partial charge in [-0.05, 0) is 31.4 Å². The molecule has 0 radical (unpaired) electrons. The van der Waals surface area contributed by atoms with E-state index in [0.717, 1.165) is 6.42 Å². The van der Waals surface area contributed by atoms with Gasteiger partial charge < -0.3 is 10.1 Å². The Bertz CT molecular complexity index is 364. The number of ether oxygens (including phenoxy) is 1. The Hall–Kier alpha value is -1.58. The van der Waals surface area contributed by atoms with Crippen LogP contribution < -0.4 is 10.1 Å². The quantitative estimate of drug-likeness (QED) is 0.824. The van der Waals surface area contributed by atoms with Crippen molar-refractivity contribution in [3.8, 4) is 5.88 Å². The summed E-state index contributed by atoms with van der Waals surface area (Å²) >= 11 is 0. The van der Waals surface area contributed by atoms with Crippen LogP contribution >= 0.6 is 0 Å². The number of hydrogen-bond acceptors (Lipinski definition) is 3. The number of aromatic nitrogens is 1. The summed E-state index contributed by atoms with van der Waals surface area (Å²) in [5.74, 6) is 0.856. The number of rotatable bonds is 6. The van der Waals surface area contributed by atoms with Crippen LogP contribution in [0.3, 0.4) is 0 Å². The molecule has 17 heavy (non-hydrogen) atoms. The Labute approximate surface area is 102 Å². The highest BCUT2D eigenvalue weighted by molar-refractivity contribution is 5.96. The maximum absolute atomic E-state index is 11.9. The smallest absolute Gasteiger partial charge is 0.256 e. The summed E-state index contributed by atoms with van der Waals surface area (Å²) in [4.78, 5) is 15.9. The van der Waals surface area contributed by atoms with Gasteiger partial charge in [0.05, 0.1) is 6.61 Å². The van der Waals surface area contributed by atoms with Crippen LogP contribution in [-0.4, -0.2) is 24.0 Å². The number of amides is 1. The summed E-state index contributed by atoms with van der Waals surface area (Å²) in [5.41, 5.74) is 0.498. The van der Waals surface area contributed by atoms with E-state index < -0.39 is 0 Å². The molecule has 0 atom stereocenters. The molecule has 0 unspecified atom stereocenters. The molecule has 1 heterocycles. The lowest BCUT2D eigenvalue weighted by Gasteiger charge is -2.10. The molecule has 94 valence electrons. The molecule has 0 spiro atoms. The fourth-order valence-corrected chi connectivity index (χ4v) is 1.38. The second kappa shape index (κ2) is 6.89. The molecular weight excluding hydrogens is 216 g/mol. The molecule has 0 saturated heterocycles. The van der Waals surface area contributed by atoms with Crippen LogP contribution in [0, 0.1) is 5.92 Å². The van der Waals surface area contributed by atoms with E-state index in [2.05, 4.69) is 24.1 Å². The molecule has 1 amide bonds.